The number of rotatable bonds is 7. The summed E-state index contributed by atoms with van der Waals surface area (Å²) in [5, 5.41) is 3.05. The number of carbonyl (C=O) groups is 1. The molecule has 2 atom stereocenters. The van der Waals surface area contributed by atoms with Crippen LogP contribution in [-0.4, -0.2) is 18.0 Å². The predicted molar refractivity (Wildman–Crippen MR) is 87.0 cm³/mol. The molecule has 0 aliphatic heterocycles. The summed E-state index contributed by atoms with van der Waals surface area (Å²) >= 11 is 0. The first-order chi connectivity index (χ1) is 9.38. The van der Waals surface area contributed by atoms with E-state index in [1.165, 1.54) is 12.1 Å². The SMILES string of the molecule is CC(N)CCC(=O)NC(Cc1ccc(F)cc1)C(C)C.Cl. The Balaban J connectivity index is 0.00000400. The lowest BCUT2D eigenvalue weighted by Crippen LogP contribution is -2.40. The Morgan fingerprint density at radius 3 is 2.29 bits per heavy atom. The molecule has 1 aromatic carbocycles. The molecular weight excluding hydrogens is 291 g/mol. The van der Waals surface area contributed by atoms with Gasteiger partial charge in [0.1, 0.15) is 5.82 Å². The fourth-order valence-electron chi connectivity index (χ4n) is 1.97. The fourth-order valence-corrected chi connectivity index (χ4v) is 1.97. The van der Waals surface area contributed by atoms with Gasteiger partial charge in [0.05, 0.1) is 0 Å². The molecule has 1 aromatic rings. The number of amides is 1. The highest BCUT2D eigenvalue weighted by Gasteiger charge is 2.17. The van der Waals surface area contributed by atoms with Crippen molar-refractivity contribution in [2.24, 2.45) is 11.7 Å². The molecule has 2 unspecified atom stereocenters. The van der Waals surface area contributed by atoms with Gasteiger partial charge in [-0.3, -0.25) is 4.79 Å². The first-order valence-electron chi connectivity index (χ1n) is 7.18. The van der Waals surface area contributed by atoms with E-state index < -0.39 is 0 Å². The Labute approximate surface area is 132 Å². The quantitative estimate of drug-likeness (QED) is 0.812. The summed E-state index contributed by atoms with van der Waals surface area (Å²) in [6.45, 7) is 6.03. The van der Waals surface area contributed by atoms with Crippen LogP contribution in [0.4, 0.5) is 4.39 Å². The summed E-state index contributed by atoms with van der Waals surface area (Å²) in [5.41, 5.74) is 6.68. The van der Waals surface area contributed by atoms with Crippen LogP contribution in [0.2, 0.25) is 0 Å². The Bertz CT molecular complexity index is 421. The zero-order valence-corrected chi connectivity index (χ0v) is 13.8. The van der Waals surface area contributed by atoms with E-state index in [4.69, 9.17) is 5.73 Å². The average Bonchev–Trinajstić information content (AvgIpc) is 2.38. The minimum atomic E-state index is -0.240. The Hall–Kier alpha value is -1.13. The average molecular weight is 317 g/mol. The van der Waals surface area contributed by atoms with Crippen LogP contribution in [0, 0.1) is 11.7 Å². The maximum Gasteiger partial charge on any atom is 0.220 e. The van der Waals surface area contributed by atoms with Crippen LogP contribution in [0.25, 0.3) is 0 Å². The van der Waals surface area contributed by atoms with Crippen LogP contribution in [0.15, 0.2) is 24.3 Å². The molecule has 0 bridgehead atoms. The Morgan fingerprint density at radius 2 is 1.81 bits per heavy atom. The minimum Gasteiger partial charge on any atom is -0.353 e. The van der Waals surface area contributed by atoms with Gasteiger partial charge < -0.3 is 11.1 Å². The lowest BCUT2D eigenvalue weighted by molar-refractivity contribution is -0.122. The van der Waals surface area contributed by atoms with E-state index in [1.54, 1.807) is 12.1 Å². The Morgan fingerprint density at radius 1 is 1.24 bits per heavy atom. The normalized spacial score (nSPS) is 13.4. The van der Waals surface area contributed by atoms with Crippen LogP contribution in [0.5, 0.6) is 0 Å². The molecule has 1 amide bonds. The van der Waals surface area contributed by atoms with Gasteiger partial charge in [-0.05, 0) is 43.4 Å². The smallest absolute Gasteiger partial charge is 0.220 e. The zero-order valence-electron chi connectivity index (χ0n) is 12.9. The molecule has 1 rings (SSSR count). The van der Waals surface area contributed by atoms with Crippen molar-refractivity contribution in [1.82, 2.24) is 5.32 Å². The van der Waals surface area contributed by atoms with Crippen LogP contribution in [-0.2, 0) is 11.2 Å². The van der Waals surface area contributed by atoms with Gasteiger partial charge in [-0.15, -0.1) is 12.4 Å². The van der Waals surface area contributed by atoms with Crippen molar-refractivity contribution in [3.05, 3.63) is 35.6 Å². The summed E-state index contributed by atoms with van der Waals surface area (Å²) in [4.78, 5) is 11.9. The Kier molecular flexibility index (Phi) is 9.22. The van der Waals surface area contributed by atoms with Gasteiger partial charge >= 0.3 is 0 Å². The summed E-state index contributed by atoms with van der Waals surface area (Å²) < 4.78 is 12.9. The van der Waals surface area contributed by atoms with E-state index in [9.17, 15) is 9.18 Å². The standard InChI is InChI=1S/C16H25FN2O.ClH/c1-11(2)15(19-16(20)9-4-12(3)18)10-13-5-7-14(17)8-6-13;/h5-8,11-12,15H,4,9-10,18H2,1-3H3,(H,19,20);1H. The monoisotopic (exact) mass is 316 g/mol. The number of nitrogens with two attached hydrogens (primary N) is 1. The van der Waals surface area contributed by atoms with E-state index in [0.29, 0.717) is 25.2 Å². The molecule has 0 aromatic heterocycles. The van der Waals surface area contributed by atoms with Crippen LogP contribution in [0.3, 0.4) is 0 Å². The molecule has 5 heteroatoms. The molecule has 3 N–H and O–H groups in total. The maximum atomic E-state index is 12.9. The molecule has 3 nitrogen and oxygen atoms in total. The van der Waals surface area contributed by atoms with Crippen molar-refractivity contribution in [1.29, 1.82) is 0 Å². The third kappa shape index (κ3) is 8.02. The fraction of sp³-hybridized carbons (Fsp3) is 0.562. The van der Waals surface area contributed by atoms with Crippen LogP contribution in [0.1, 0.15) is 39.2 Å². The van der Waals surface area contributed by atoms with E-state index in [0.717, 1.165) is 5.56 Å². The van der Waals surface area contributed by atoms with Crippen LogP contribution >= 0.6 is 12.4 Å². The molecule has 0 aliphatic rings. The number of halogens is 2. The summed E-state index contributed by atoms with van der Waals surface area (Å²) in [6, 6.07) is 6.52. The lowest BCUT2D eigenvalue weighted by Gasteiger charge is -2.23. The van der Waals surface area contributed by atoms with Crippen molar-refractivity contribution < 1.29 is 9.18 Å². The molecular formula is C16H26ClFN2O. The first kappa shape index (κ1) is 19.9. The number of benzene rings is 1. The van der Waals surface area contributed by atoms with Crippen molar-refractivity contribution in [3.63, 3.8) is 0 Å². The van der Waals surface area contributed by atoms with Crippen molar-refractivity contribution >= 4 is 18.3 Å². The molecule has 0 aliphatic carbocycles. The second kappa shape index (κ2) is 9.74. The molecule has 0 saturated carbocycles. The molecule has 0 fully saturated rings. The van der Waals surface area contributed by atoms with Gasteiger partial charge in [0, 0.05) is 18.5 Å². The number of nitrogens with one attached hydrogen (secondary N) is 1. The van der Waals surface area contributed by atoms with E-state index in [1.807, 2.05) is 6.92 Å². The summed E-state index contributed by atoms with van der Waals surface area (Å²) in [6.07, 6.45) is 1.85. The minimum absolute atomic E-state index is 0. The second-order valence-corrected chi connectivity index (χ2v) is 5.76. The van der Waals surface area contributed by atoms with Gasteiger partial charge in [0.2, 0.25) is 5.91 Å². The number of carbonyl (C=O) groups excluding carboxylic acids is 1. The molecule has 0 spiro atoms. The van der Waals surface area contributed by atoms with Gasteiger partial charge in [0.15, 0.2) is 0 Å². The van der Waals surface area contributed by atoms with Gasteiger partial charge in [-0.1, -0.05) is 26.0 Å². The highest BCUT2D eigenvalue weighted by atomic mass is 35.5. The zero-order chi connectivity index (χ0) is 15.1. The maximum absolute atomic E-state index is 12.9. The third-order valence-electron chi connectivity index (χ3n) is 3.35. The predicted octanol–water partition coefficient (Wildman–Crippen LogP) is 3.06. The van der Waals surface area contributed by atoms with Crippen LogP contribution < -0.4 is 11.1 Å². The topological polar surface area (TPSA) is 55.1 Å². The van der Waals surface area contributed by atoms with E-state index in [-0.39, 0.29) is 36.2 Å². The number of hydrogen-bond acceptors (Lipinski definition) is 2. The third-order valence-corrected chi connectivity index (χ3v) is 3.35. The van der Waals surface area contributed by atoms with Gasteiger partial charge in [-0.2, -0.15) is 0 Å². The summed E-state index contributed by atoms with van der Waals surface area (Å²) in [5.74, 6) is 0.109. The van der Waals surface area contributed by atoms with Crippen molar-refractivity contribution in [2.45, 2.75) is 52.1 Å². The number of hydrogen-bond donors (Lipinski definition) is 2. The molecule has 0 saturated heterocycles. The largest absolute Gasteiger partial charge is 0.353 e. The van der Waals surface area contributed by atoms with E-state index >= 15 is 0 Å². The summed E-state index contributed by atoms with van der Waals surface area (Å²) in [7, 11) is 0. The second-order valence-electron chi connectivity index (χ2n) is 5.76. The van der Waals surface area contributed by atoms with Crippen molar-refractivity contribution in [2.75, 3.05) is 0 Å². The van der Waals surface area contributed by atoms with Crippen molar-refractivity contribution in [3.8, 4) is 0 Å². The first-order valence-corrected chi connectivity index (χ1v) is 7.18. The molecule has 0 radical (unpaired) electrons. The van der Waals surface area contributed by atoms with Gasteiger partial charge in [-0.25, -0.2) is 4.39 Å². The molecule has 0 heterocycles. The lowest BCUT2D eigenvalue weighted by atomic mass is 9.96. The highest BCUT2D eigenvalue weighted by molar-refractivity contribution is 5.85. The molecule has 21 heavy (non-hydrogen) atoms. The van der Waals surface area contributed by atoms with E-state index in [2.05, 4.69) is 19.2 Å². The molecule has 120 valence electrons. The van der Waals surface area contributed by atoms with Gasteiger partial charge in [0.25, 0.3) is 0 Å². The highest BCUT2D eigenvalue weighted by Crippen LogP contribution is 2.12.